The molecule has 0 saturated carbocycles. The molecule has 10 heavy (non-hydrogen) atoms. The Morgan fingerprint density at radius 1 is 1.60 bits per heavy atom. The van der Waals surface area contributed by atoms with Crippen LogP contribution in [0, 0.1) is 6.10 Å². The zero-order chi connectivity index (χ0) is 6.97. The van der Waals surface area contributed by atoms with Crippen LogP contribution in [-0.4, -0.2) is 12.9 Å². The van der Waals surface area contributed by atoms with Crippen LogP contribution in [0.5, 0.6) is 0 Å². The maximum absolute atomic E-state index is 5.29. The molecule has 1 atom stereocenters. The van der Waals surface area contributed by atoms with Gasteiger partial charge < -0.3 is 9.47 Å². The second-order valence-electron chi connectivity index (χ2n) is 2.48. The topological polar surface area (TPSA) is 18.5 Å². The van der Waals surface area contributed by atoms with Crippen LogP contribution in [0.2, 0.25) is 0 Å². The molecule has 2 aliphatic rings. The first-order chi connectivity index (χ1) is 4.88. The van der Waals surface area contributed by atoms with Crippen molar-refractivity contribution >= 4 is 0 Å². The Bertz CT molecular complexity index is 193. The highest BCUT2D eigenvalue weighted by atomic mass is 16.7. The van der Waals surface area contributed by atoms with E-state index in [-0.39, 0.29) is 6.10 Å². The minimum absolute atomic E-state index is 0.102. The summed E-state index contributed by atoms with van der Waals surface area (Å²) in [5.41, 5.74) is 1.22. The number of ether oxygens (including phenoxy) is 2. The summed E-state index contributed by atoms with van der Waals surface area (Å²) in [6.07, 6.45) is 7.02. The third-order valence-electron chi connectivity index (χ3n) is 1.75. The molecule has 1 saturated heterocycles. The normalized spacial score (nSPS) is 32.1. The van der Waals surface area contributed by atoms with E-state index in [1.54, 1.807) is 0 Å². The van der Waals surface area contributed by atoms with Gasteiger partial charge in [0, 0.05) is 0 Å². The molecule has 0 spiro atoms. The van der Waals surface area contributed by atoms with E-state index in [0.717, 1.165) is 6.10 Å². The van der Waals surface area contributed by atoms with Gasteiger partial charge in [0.1, 0.15) is 12.9 Å². The Hall–Kier alpha value is -0.600. The van der Waals surface area contributed by atoms with Gasteiger partial charge in [-0.2, -0.15) is 0 Å². The summed E-state index contributed by atoms with van der Waals surface area (Å²) in [5.74, 6) is 0. The minimum atomic E-state index is 0.102. The first-order valence-corrected chi connectivity index (χ1v) is 3.34. The highest BCUT2D eigenvalue weighted by Crippen LogP contribution is 2.29. The Morgan fingerprint density at radius 2 is 2.50 bits per heavy atom. The highest BCUT2D eigenvalue weighted by molar-refractivity contribution is 5.32. The fraction of sp³-hybridized carbons (Fsp3) is 0.375. The Morgan fingerprint density at radius 3 is 3.30 bits per heavy atom. The van der Waals surface area contributed by atoms with Crippen LogP contribution < -0.4 is 0 Å². The molecule has 0 bridgehead atoms. The first kappa shape index (κ1) is 6.13. The average Bonchev–Trinajstić information content (AvgIpc) is 2.36. The number of hydrogen-bond donors (Lipinski definition) is 0. The van der Waals surface area contributed by atoms with Crippen molar-refractivity contribution in [1.82, 2.24) is 0 Å². The van der Waals surface area contributed by atoms with Crippen LogP contribution in [0.1, 0.15) is 6.92 Å². The van der Waals surface area contributed by atoms with E-state index in [9.17, 15) is 0 Å². The lowest BCUT2D eigenvalue weighted by Gasteiger charge is -2.15. The molecule has 53 valence electrons. The highest BCUT2D eigenvalue weighted by Gasteiger charge is 2.30. The van der Waals surface area contributed by atoms with E-state index >= 15 is 0 Å². The lowest BCUT2D eigenvalue weighted by atomic mass is 10.0. The first-order valence-electron chi connectivity index (χ1n) is 3.34. The quantitative estimate of drug-likeness (QED) is 0.502. The van der Waals surface area contributed by atoms with Crippen molar-refractivity contribution in [2.24, 2.45) is 0 Å². The molecule has 0 aromatic heterocycles. The summed E-state index contributed by atoms with van der Waals surface area (Å²) < 4.78 is 10.5. The van der Waals surface area contributed by atoms with Gasteiger partial charge in [0.15, 0.2) is 6.10 Å². The SMILES string of the molecule is CC1=CC=C[C]2OCOC21. The molecule has 0 aromatic rings. The molecular formula is C8H9O2. The minimum Gasteiger partial charge on any atom is -0.344 e. The Kier molecular flexibility index (Phi) is 1.36. The van der Waals surface area contributed by atoms with Gasteiger partial charge in [0.2, 0.25) is 0 Å². The van der Waals surface area contributed by atoms with Crippen molar-refractivity contribution < 1.29 is 9.47 Å². The molecular weight excluding hydrogens is 128 g/mol. The van der Waals surface area contributed by atoms with Gasteiger partial charge in [-0.1, -0.05) is 12.2 Å². The summed E-state index contributed by atoms with van der Waals surface area (Å²) >= 11 is 0. The molecule has 1 aliphatic heterocycles. The fourth-order valence-corrected chi connectivity index (χ4v) is 1.20. The fourth-order valence-electron chi connectivity index (χ4n) is 1.20. The van der Waals surface area contributed by atoms with E-state index in [1.807, 2.05) is 25.2 Å². The third-order valence-corrected chi connectivity index (χ3v) is 1.75. The predicted octanol–water partition coefficient (Wildman–Crippen LogP) is 1.41. The average molecular weight is 137 g/mol. The standard InChI is InChI=1S/C8H9O2/c1-6-3-2-4-7-8(6)10-5-9-7/h2-4,8H,5H2,1H3. The summed E-state index contributed by atoms with van der Waals surface area (Å²) in [6.45, 7) is 2.44. The Labute approximate surface area is 60.1 Å². The number of rotatable bonds is 0. The van der Waals surface area contributed by atoms with Crippen LogP contribution >= 0.6 is 0 Å². The van der Waals surface area contributed by atoms with Crippen molar-refractivity contribution in [3.8, 4) is 0 Å². The van der Waals surface area contributed by atoms with Gasteiger partial charge in [-0.3, -0.25) is 0 Å². The molecule has 1 radical (unpaired) electrons. The lowest BCUT2D eigenvalue weighted by molar-refractivity contribution is 0.0573. The molecule has 0 aromatic carbocycles. The zero-order valence-electron chi connectivity index (χ0n) is 5.83. The third kappa shape index (κ3) is 0.805. The molecule has 0 N–H and O–H groups in total. The van der Waals surface area contributed by atoms with Crippen molar-refractivity contribution in [2.75, 3.05) is 6.79 Å². The largest absolute Gasteiger partial charge is 0.344 e. The van der Waals surface area contributed by atoms with E-state index in [1.165, 1.54) is 5.57 Å². The summed E-state index contributed by atoms with van der Waals surface area (Å²) in [4.78, 5) is 0. The smallest absolute Gasteiger partial charge is 0.155 e. The molecule has 1 aliphatic carbocycles. The molecule has 2 rings (SSSR count). The molecule has 2 heteroatoms. The maximum atomic E-state index is 5.29. The zero-order valence-corrected chi connectivity index (χ0v) is 5.83. The number of fused-ring (bicyclic) bond motifs is 1. The van der Waals surface area contributed by atoms with Crippen LogP contribution in [-0.2, 0) is 9.47 Å². The molecule has 0 amide bonds. The second kappa shape index (κ2) is 2.22. The Balaban J connectivity index is 2.24. The van der Waals surface area contributed by atoms with Crippen molar-refractivity contribution in [3.63, 3.8) is 0 Å². The number of allylic oxidation sites excluding steroid dienone is 2. The molecule has 1 unspecified atom stereocenters. The van der Waals surface area contributed by atoms with Crippen LogP contribution in [0.25, 0.3) is 0 Å². The van der Waals surface area contributed by atoms with Crippen LogP contribution in [0.15, 0.2) is 23.8 Å². The van der Waals surface area contributed by atoms with Gasteiger partial charge in [-0.15, -0.1) is 0 Å². The van der Waals surface area contributed by atoms with E-state index in [0.29, 0.717) is 6.79 Å². The molecule has 1 fully saturated rings. The maximum Gasteiger partial charge on any atom is 0.155 e. The lowest BCUT2D eigenvalue weighted by Crippen LogP contribution is -2.16. The monoisotopic (exact) mass is 137 g/mol. The predicted molar refractivity (Wildman–Crippen MR) is 37.0 cm³/mol. The van der Waals surface area contributed by atoms with Crippen LogP contribution in [0.4, 0.5) is 0 Å². The van der Waals surface area contributed by atoms with Crippen molar-refractivity contribution in [3.05, 3.63) is 29.9 Å². The van der Waals surface area contributed by atoms with Gasteiger partial charge >= 0.3 is 0 Å². The van der Waals surface area contributed by atoms with E-state index in [2.05, 4.69) is 0 Å². The van der Waals surface area contributed by atoms with Crippen molar-refractivity contribution in [1.29, 1.82) is 0 Å². The van der Waals surface area contributed by atoms with E-state index < -0.39 is 0 Å². The summed E-state index contributed by atoms with van der Waals surface area (Å²) in [5, 5.41) is 0. The van der Waals surface area contributed by atoms with E-state index in [4.69, 9.17) is 9.47 Å². The summed E-state index contributed by atoms with van der Waals surface area (Å²) in [7, 11) is 0. The summed E-state index contributed by atoms with van der Waals surface area (Å²) in [6, 6.07) is 0. The second-order valence-corrected chi connectivity index (χ2v) is 2.48. The van der Waals surface area contributed by atoms with Gasteiger partial charge in [-0.25, -0.2) is 0 Å². The number of hydrogen-bond acceptors (Lipinski definition) is 2. The molecule has 1 heterocycles. The van der Waals surface area contributed by atoms with Gasteiger partial charge in [-0.05, 0) is 18.6 Å². The van der Waals surface area contributed by atoms with Gasteiger partial charge in [0.25, 0.3) is 0 Å². The van der Waals surface area contributed by atoms with Gasteiger partial charge in [0.05, 0.1) is 0 Å². The van der Waals surface area contributed by atoms with Crippen molar-refractivity contribution in [2.45, 2.75) is 13.0 Å². The molecule has 2 nitrogen and oxygen atoms in total. The van der Waals surface area contributed by atoms with Crippen LogP contribution in [0.3, 0.4) is 0 Å².